The Morgan fingerprint density at radius 1 is 1.11 bits per heavy atom. The summed E-state index contributed by atoms with van der Waals surface area (Å²) in [7, 11) is -3.67. The normalized spacial score (nSPS) is 17.2. The van der Waals surface area contributed by atoms with E-state index < -0.39 is 10.0 Å². The van der Waals surface area contributed by atoms with Gasteiger partial charge in [0.15, 0.2) is 0 Å². The first-order chi connectivity index (χ1) is 13.3. The number of piperazine rings is 1. The molecular weight excluding hydrogens is 466 g/mol. The van der Waals surface area contributed by atoms with Gasteiger partial charge in [-0.25, -0.2) is 8.42 Å². The van der Waals surface area contributed by atoms with Crippen LogP contribution in [0.5, 0.6) is 0 Å². The van der Waals surface area contributed by atoms with E-state index in [2.05, 4.69) is 21.2 Å². The fraction of sp³-hybridized carbons (Fsp3) is 0.316. The first kappa shape index (κ1) is 21.3. The molecule has 1 fully saturated rings. The number of sulfonamides is 1. The molecule has 150 valence electrons. The summed E-state index contributed by atoms with van der Waals surface area (Å²) in [6, 6.07) is 13.6. The third-order valence-electron chi connectivity index (χ3n) is 4.75. The summed E-state index contributed by atoms with van der Waals surface area (Å²) < 4.78 is 27.9. The minimum Gasteiger partial charge on any atom is -0.325 e. The number of halogens is 2. The summed E-state index contributed by atoms with van der Waals surface area (Å²) in [5.41, 5.74) is 0.741. The minimum atomic E-state index is -3.67. The third kappa shape index (κ3) is 4.75. The van der Waals surface area contributed by atoms with Gasteiger partial charge in [0.1, 0.15) is 4.90 Å². The highest BCUT2D eigenvalue weighted by molar-refractivity contribution is 9.10. The van der Waals surface area contributed by atoms with Gasteiger partial charge in [0.05, 0.1) is 11.1 Å². The van der Waals surface area contributed by atoms with Crippen LogP contribution in [-0.2, 0) is 14.8 Å². The highest BCUT2D eigenvalue weighted by Crippen LogP contribution is 2.28. The second-order valence-corrected chi connectivity index (χ2v) is 9.78. The molecule has 1 saturated heterocycles. The van der Waals surface area contributed by atoms with Gasteiger partial charge >= 0.3 is 0 Å². The van der Waals surface area contributed by atoms with Crippen LogP contribution in [0.2, 0.25) is 5.02 Å². The Bertz CT molecular complexity index is 948. The standard InChI is InChI=1S/C19H21BrClN3O3S/c1-14(19(25)22-16-5-3-2-4-6-16)23-9-11-24(12-10-23)28(26,27)18-8-7-15(20)13-17(18)21/h2-8,13-14H,9-12H2,1H3,(H,22,25). The highest BCUT2D eigenvalue weighted by atomic mass is 79.9. The number of amides is 1. The highest BCUT2D eigenvalue weighted by Gasteiger charge is 2.32. The number of rotatable bonds is 5. The monoisotopic (exact) mass is 485 g/mol. The van der Waals surface area contributed by atoms with E-state index in [-0.39, 0.29) is 21.9 Å². The Hall–Kier alpha value is -1.45. The summed E-state index contributed by atoms with van der Waals surface area (Å²) in [5, 5.41) is 3.07. The van der Waals surface area contributed by atoms with E-state index in [0.717, 1.165) is 10.2 Å². The first-order valence-electron chi connectivity index (χ1n) is 8.84. The van der Waals surface area contributed by atoms with Crippen LogP contribution in [0.15, 0.2) is 57.9 Å². The van der Waals surface area contributed by atoms with Gasteiger partial charge in [-0.2, -0.15) is 4.31 Å². The van der Waals surface area contributed by atoms with Crippen LogP contribution in [0, 0.1) is 0 Å². The number of hydrogen-bond donors (Lipinski definition) is 1. The zero-order valence-electron chi connectivity index (χ0n) is 15.3. The summed E-state index contributed by atoms with van der Waals surface area (Å²) in [5.74, 6) is -0.113. The van der Waals surface area contributed by atoms with Crippen molar-refractivity contribution in [3.05, 3.63) is 58.0 Å². The molecule has 28 heavy (non-hydrogen) atoms. The molecule has 0 bridgehead atoms. The molecule has 1 aliphatic rings. The molecule has 2 aromatic rings. The number of carbonyl (C=O) groups excluding carboxylic acids is 1. The van der Waals surface area contributed by atoms with E-state index in [9.17, 15) is 13.2 Å². The van der Waals surface area contributed by atoms with Gasteiger partial charge < -0.3 is 5.32 Å². The summed E-state index contributed by atoms with van der Waals surface area (Å²) in [6.07, 6.45) is 0. The van der Waals surface area contributed by atoms with E-state index in [1.54, 1.807) is 12.1 Å². The van der Waals surface area contributed by atoms with Crippen molar-refractivity contribution in [3.8, 4) is 0 Å². The van der Waals surface area contributed by atoms with E-state index in [0.29, 0.717) is 26.2 Å². The van der Waals surface area contributed by atoms with Gasteiger partial charge in [-0.05, 0) is 37.3 Å². The Morgan fingerprint density at radius 3 is 2.36 bits per heavy atom. The van der Waals surface area contributed by atoms with Gasteiger partial charge in [-0.15, -0.1) is 0 Å². The largest absolute Gasteiger partial charge is 0.325 e. The lowest BCUT2D eigenvalue weighted by Crippen LogP contribution is -2.53. The first-order valence-corrected chi connectivity index (χ1v) is 11.5. The molecule has 6 nitrogen and oxygen atoms in total. The maximum atomic E-state index is 12.9. The molecule has 2 aromatic carbocycles. The molecule has 1 N–H and O–H groups in total. The van der Waals surface area contributed by atoms with Crippen LogP contribution in [-0.4, -0.2) is 55.8 Å². The summed E-state index contributed by atoms with van der Waals surface area (Å²) >= 11 is 9.41. The van der Waals surface area contributed by atoms with Crippen LogP contribution < -0.4 is 5.32 Å². The van der Waals surface area contributed by atoms with Gasteiger partial charge in [0, 0.05) is 36.3 Å². The SMILES string of the molecule is CC(C(=O)Nc1ccccc1)N1CCN(S(=O)(=O)c2ccc(Br)cc2Cl)CC1. The van der Waals surface area contributed by atoms with Crippen molar-refractivity contribution in [2.75, 3.05) is 31.5 Å². The smallest absolute Gasteiger partial charge is 0.244 e. The maximum absolute atomic E-state index is 12.9. The van der Waals surface area contributed by atoms with Crippen molar-refractivity contribution in [2.24, 2.45) is 0 Å². The molecule has 1 heterocycles. The van der Waals surface area contributed by atoms with Gasteiger partial charge in [-0.3, -0.25) is 9.69 Å². The van der Waals surface area contributed by atoms with Crippen molar-refractivity contribution in [3.63, 3.8) is 0 Å². The molecule has 0 radical (unpaired) electrons. The van der Waals surface area contributed by atoms with Crippen molar-refractivity contribution < 1.29 is 13.2 Å². The molecule has 0 aliphatic carbocycles. The quantitative estimate of drug-likeness (QED) is 0.703. The molecule has 3 rings (SSSR count). The summed E-state index contributed by atoms with van der Waals surface area (Å²) in [4.78, 5) is 14.6. The van der Waals surface area contributed by atoms with E-state index in [1.807, 2.05) is 42.2 Å². The Balaban J connectivity index is 1.62. The zero-order chi connectivity index (χ0) is 20.3. The number of anilines is 1. The molecular formula is C19H21BrClN3O3S. The molecule has 1 amide bonds. The molecule has 0 saturated carbocycles. The molecule has 0 spiro atoms. The fourth-order valence-corrected chi connectivity index (χ4v) is 5.52. The van der Waals surface area contributed by atoms with Crippen molar-refractivity contribution in [2.45, 2.75) is 17.9 Å². The van der Waals surface area contributed by atoms with Crippen LogP contribution in [0.4, 0.5) is 5.69 Å². The summed E-state index contributed by atoms with van der Waals surface area (Å²) in [6.45, 7) is 3.37. The predicted octanol–water partition coefficient (Wildman–Crippen LogP) is 3.44. The predicted molar refractivity (Wildman–Crippen MR) is 114 cm³/mol. The molecule has 1 unspecified atom stereocenters. The molecule has 9 heteroatoms. The van der Waals surface area contributed by atoms with Crippen LogP contribution in [0.3, 0.4) is 0 Å². The van der Waals surface area contributed by atoms with Crippen molar-refractivity contribution in [1.29, 1.82) is 0 Å². The van der Waals surface area contributed by atoms with Gasteiger partial charge in [-0.1, -0.05) is 45.7 Å². The van der Waals surface area contributed by atoms with E-state index in [1.165, 1.54) is 10.4 Å². The molecule has 1 atom stereocenters. The lowest BCUT2D eigenvalue weighted by atomic mass is 10.2. The molecule has 1 aliphatic heterocycles. The average molecular weight is 487 g/mol. The molecule has 0 aromatic heterocycles. The van der Waals surface area contributed by atoms with Crippen LogP contribution in [0.25, 0.3) is 0 Å². The van der Waals surface area contributed by atoms with Gasteiger partial charge in [0.2, 0.25) is 15.9 Å². The maximum Gasteiger partial charge on any atom is 0.244 e. The number of nitrogens with one attached hydrogen (secondary N) is 1. The lowest BCUT2D eigenvalue weighted by Gasteiger charge is -2.36. The van der Waals surface area contributed by atoms with E-state index in [4.69, 9.17) is 11.6 Å². The van der Waals surface area contributed by atoms with Crippen molar-refractivity contribution in [1.82, 2.24) is 9.21 Å². The Labute approximate surface area is 178 Å². The third-order valence-corrected chi connectivity index (χ3v) is 7.63. The fourth-order valence-electron chi connectivity index (χ4n) is 3.09. The lowest BCUT2D eigenvalue weighted by molar-refractivity contribution is -0.121. The van der Waals surface area contributed by atoms with Crippen molar-refractivity contribution >= 4 is 49.1 Å². The zero-order valence-corrected chi connectivity index (χ0v) is 18.5. The number of para-hydroxylation sites is 1. The number of hydrogen-bond acceptors (Lipinski definition) is 4. The Morgan fingerprint density at radius 2 is 1.75 bits per heavy atom. The number of benzene rings is 2. The van der Waals surface area contributed by atoms with Gasteiger partial charge in [0.25, 0.3) is 0 Å². The Kier molecular flexibility index (Phi) is 6.77. The van der Waals surface area contributed by atoms with Crippen LogP contribution >= 0.6 is 27.5 Å². The van der Waals surface area contributed by atoms with Crippen LogP contribution in [0.1, 0.15) is 6.92 Å². The topological polar surface area (TPSA) is 69.7 Å². The second kappa shape index (κ2) is 8.92. The van der Waals surface area contributed by atoms with E-state index >= 15 is 0 Å². The number of carbonyl (C=O) groups is 1. The number of nitrogens with zero attached hydrogens (tertiary/aromatic N) is 2. The minimum absolute atomic E-state index is 0.0979. The second-order valence-electron chi connectivity index (χ2n) is 6.55. The average Bonchev–Trinajstić information content (AvgIpc) is 2.68.